The summed E-state index contributed by atoms with van der Waals surface area (Å²) in [4.78, 5) is 2.33. The Bertz CT molecular complexity index is 387. The van der Waals surface area contributed by atoms with Crippen molar-refractivity contribution < 1.29 is 5.11 Å². The fourth-order valence-electron chi connectivity index (χ4n) is 2.88. The molecule has 1 aromatic rings. The fraction of sp³-hybridized carbons (Fsp3) is 0.600. The van der Waals surface area contributed by atoms with Gasteiger partial charge in [0.1, 0.15) is 5.75 Å². The number of aromatic hydroxyl groups is 1. The highest BCUT2D eigenvalue weighted by Gasteiger charge is 2.23. The van der Waals surface area contributed by atoms with Gasteiger partial charge in [0.25, 0.3) is 0 Å². The van der Waals surface area contributed by atoms with Gasteiger partial charge in [-0.3, -0.25) is 4.90 Å². The molecule has 0 aliphatic heterocycles. The van der Waals surface area contributed by atoms with E-state index in [-0.39, 0.29) is 0 Å². The number of phenols is 1. The van der Waals surface area contributed by atoms with Crippen molar-refractivity contribution in [1.82, 2.24) is 4.90 Å². The van der Waals surface area contributed by atoms with Crippen LogP contribution in [-0.2, 0) is 6.54 Å². The number of benzene rings is 1. The lowest BCUT2D eigenvalue weighted by atomic mass is 9.86. The topological polar surface area (TPSA) is 23.5 Å². The molecule has 0 spiro atoms. The van der Waals surface area contributed by atoms with Crippen LogP contribution in [0, 0.1) is 5.92 Å². The van der Waals surface area contributed by atoms with Gasteiger partial charge in [0.15, 0.2) is 0 Å². The molecule has 18 heavy (non-hydrogen) atoms. The van der Waals surface area contributed by atoms with Gasteiger partial charge >= 0.3 is 0 Å². The molecule has 1 fully saturated rings. The lowest BCUT2D eigenvalue weighted by molar-refractivity contribution is 0.156. The molecule has 2 unspecified atom stereocenters. The van der Waals surface area contributed by atoms with E-state index in [0.717, 1.165) is 18.0 Å². The number of halogens is 1. The molecule has 3 heteroatoms. The third kappa shape index (κ3) is 3.18. The normalized spacial score (nSPS) is 24.4. The molecule has 2 rings (SSSR count). The lowest BCUT2D eigenvalue weighted by Gasteiger charge is -2.34. The number of nitrogens with zero attached hydrogens (tertiary/aromatic N) is 1. The maximum absolute atomic E-state index is 9.88. The molecule has 1 saturated carbocycles. The molecule has 1 aliphatic carbocycles. The zero-order valence-corrected chi connectivity index (χ0v) is 12.0. The van der Waals surface area contributed by atoms with Crippen LogP contribution in [0.3, 0.4) is 0 Å². The Morgan fingerprint density at radius 2 is 2.17 bits per heavy atom. The van der Waals surface area contributed by atoms with Crippen LogP contribution in [0.15, 0.2) is 18.2 Å². The van der Waals surface area contributed by atoms with Crippen molar-refractivity contribution in [3.05, 3.63) is 28.8 Å². The molecule has 100 valence electrons. The Kier molecular flexibility index (Phi) is 4.52. The van der Waals surface area contributed by atoms with E-state index in [1.165, 1.54) is 25.7 Å². The molecule has 0 amide bonds. The first-order chi connectivity index (χ1) is 8.58. The van der Waals surface area contributed by atoms with E-state index in [4.69, 9.17) is 11.6 Å². The van der Waals surface area contributed by atoms with E-state index >= 15 is 0 Å². The van der Waals surface area contributed by atoms with Gasteiger partial charge in [0.2, 0.25) is 0 Å². The van der Waals surface area contributed by atoms with Crippen molar-refractivity contribution in [1.29, 1.82) is 0 Å². The molecule has 1 N–H and O–H groups in total. The smallest absolute Gasteiger partial charge is 0.121 e. The van der Waals surface area contributed by atoms with E-state index in [1.54, 1.807) is 12.1 Å². The summed E-state index contributed by atoms with van der Waals surface area (Å²) in [5, 5.41) is 10.5. The van der Waals surface area contributed by atoms with E-state index in [1.807, 2.05) is 6.07 Å². The maximum Gasteiger partial charge on any atom is 0.121 e. The van der Waals surface area contributed by atoms with Crippen LogP contribution in [0.5, 0.6) is 5.75 Å². The van der Waals surface area contributed by atoms with Crippen LogP contribution in [0.1, 0.15) is 38.2 Å². The van der Waals surface area contributed by atoms with E-state index in [2.05, 4.69) is 18.9 Å². The van der Waals surface area contributed by atoms with Crippen molar-refractivity contribution in [2.45, 2.75) is 45.2 Å². The predicted molar refractivity (Wildman–Crippen MR) is 76.0 cm³/mol. The second kappa shape index (κ2) is 5.94. The quantitative estimate of drug-likeness (QED) is 0.893. The first kappa shape index (κ1) is 13.7. The largest absolute Gasteiger partial charge is 0.508 e. The molecule has 0 heterocycles. The zero-order valence-electron chi connectivity index (χ0n) is 11.2. The summed E-state index contributed by atoms with van der Waals surface area (Å²) in [6.07, 6.45) is 5.17. The van der Waals surface area contributed by atoms with Crippen LogP contribution >= 0.6 is 11.6 Å². The van der Waals surface area contributed by atoms with Crippen LogP contribution in [0.2, 0.25) is 5.02 Å². The summed E-state index contributed by atoms with van der Waals surface area (Å²) in [6.45, 7) is 3.05. The van der Waals surface area contributed by atoms with Gasteiger partial charge in [0, 0.05) is 23.2 Å². The minimum atomic E-state index is 0.304. The Morgan fingerprint density at radius 1 is 1.39 bits per heavy atom. The van der Waals surface area contributed by atoms with E-state index < -0.39 is 0 Å². The zero-order chi connectivity index (χ0) is 13.1. The fourth-order valence-corrected chi connectivity index (χ4v) is 3.11. The molecule has 0 radical (unpaired) electrons. The monoisotopic (exact) mass is 267 g/mol. The molecule has 2 atom stereocenters. The summed E-state index contributed by atoms with van der Waals surface area (Å²) in [5.74, 6) is 1.12. The first-order valence-corrected chi connectivity index (χ1v) is 7.12. The van der Waals surface area contributed by atoms with Crippen LogP contribution in [0.25, 0.3) is 0 Å². The van der Waals surface area contributed by atoms with E-state index in [0.29, 0.717) is 16.8 Å². The van der Waals surface area contributed by atoms with Crippen LogP contribution < -0.4 is 0 Å². The van der Waals surface area contributed by atoms with Gasteiger partial charge < -0.3 is 5.11 Å². The van der Waals surface area contributed by atoms with Crippen LogP contribution in [-0.4, -0.2) is 23.1 Å². The molecular formula is C15H22ClNO. The average Bonchev–Trinajstić information content (AvgIpc) is 2.34. The van der Waals surface area contributed by atoms with Crippen molar-refractivity contribution in [2.75, 3.05) is 7.05 Å². The van der Waals surface area contributed by atoms with Gasteiger partial charge in [-0.2, -0.15) is 0 Å². The second-order valence-corrected chi connectivity index (χ2v) is 5.99. The lowest BCUT2D eigenvalue weighted by Crippen LogP contribution is -2.35. The summed E-state index contributed by atoms with van der Waals surface area (Å²) >= 11 is 6.15. The predicted octanol–water partition coefficient (Wildman–Crippen LogP) is 4.06. The third-order valence-electron chi connectivity index (χ3n) is 4.03. The molecule has 0 saturated heterocycles. The molecule has 2 nitrogen and oxygen atoms in total. The molecular weight excluding hydrogens is 246 g/mol. The van der Waals surface area contributed by atoms with Gasteiger partial charge in [-0.05, 0) is 37.9 Å². The van der Waals surface area contributed by atoms with E-state index in [9.17, 15) is 5.11 Å². The van der Waals surface area contributed by atoms with Gasteiger partial charge in [-0.15, -0.1) is 0 Å². The SMILES string of the molecule is CC1CCCC(N(C)Cc2c(O)cccc2Cl)C1. The summed E-state index contributed by atoms with van der Waals surface area (Å²) < 4.78 is 0. The minimum absolute atomic E-state index is 0.304. The summed E-state index contributed by atoms with van der Waals surface area (Å²) in [7, 11) is 2.13. The Balaban J connectivity index is 2.04. The summed E-state index contributed by atoms with van der Waals surface area (Å²) in [5.41, 5.74) is 0.847. The molecule has 1 aliphatic rings. The second-order valence-electron chi connectivity index (χ2n) is 5.58. The van der Waals surface area contributed by atoms with Gasteiger partial charge in [-0.1, -0.05) is 37.4 Å². The van der Waals surface area contributed by atoms with Gasteiger partial charge in [0.05, 0.1) is 0 Å². The standard InChI is InChI=1S/C15H22ClNO/c1-11-5-3-6-12(9-11)17(2)10-13-14(16)7-4-8-15(13)18/h4,7-8,11-12,18H,3,5-6,9-10H2,1-2H3. The maximum atomic E-state index is 9.88. The molecule has 0 bridgehead atoms. The van der Waals surface area contributed by atoms with Crippen molar-refractivity contribution in [3.8, 4) is 5.75 Å². The highest BCUT2D eigenvalue weighted by Crippen LogP contribution is 2.31. The highest BCUT2D eigenvalue weighted by molar-refractivity contribution is 6.31. The Morgan fingerprint density at radius 3 is 2.83 bits per heavy atom. The number of phenolic OH excluding ortho intramolecular Hbond substituents is 1. The first-order valence-electron chi connectivity index (χ1n) is 6.74. The van der Waals surface area contributed by atoms with Crippen LogP contribution in [0.4, 0.5) is 0 Å². The highest BCUT2D eigenvalue weighted by atomic mass is 35.5. The Labute approximate surface area is 115 Å². The summed E-state index contributed by atoms with van der Waals surface area (Å²) in [6, 6.07) is 5.94. The average molecular weight is 268 g/mol. The third-order valence-corrected chi connectivity index (χ3v) is 4.39. The number of hydrogen-bond donors (Lipinski definition) is 1. The number of hydrogen-bond acceptors (Lipinski definition) is 2. The Hall–Kier alpha value is -0.730. The van der Waals surface area contributed by atoms with Crippen molar-refractivity contribution >= 4 is 11.6 Å². The van der Waals surface area contributed by atoms with Gasteiger partial charge in [-0.25, -0.2) is 0 Å². The van der Waals surface area contributed by atoms with Crippen molar-refractivity contribution in [2.24, 2.45) is 5.92 Å². The number of rotatable bonds is 3. The molecule has 1 aromatic carbocycles. The minimum Gasteiger partial charge on any atom is -0.508 e. The van der Waals surface area contributed by atoms with Crippen molar-refractivity contribution in [3.63, 3.8) is 0 Å². The molecule has 0 aromatic heterocycles.